The summed E-state index contributed by atoms with van der Waals surface area (Å²) in [6, 6.07) is 7.59. The van der Waals surface area contributed by atoms with Gasteiger partial charge >= 0.3 is 0 Å². The van der Waals surface area contributed by atoms with Crippen LogP contribution < -0.4 is 15.2 Å². The van der Waals surface area contributed by atoms with E-state index in [0.717, 1.165) is 37.4 Å². The second kappa shape index (κ2) is 9.63. The summed E-state index contributed by atoms with van der Waals surface area (Å²) >= 11 is 0. The van der Waals surface area contributed by atoms with Gasteiger partial charge in [-0.3, -0.25) is 4.79 Å². The van der Waals surface area contributed by atoms with Crippen LogP contribution in [-0.2, 0) is 4.79 Å². The highest BCUT2D eigenvalue weighted by Gasteiger charge is 2.24. The highest BCUT2D eigenvalue weighted by Crippen LogP contribution is 2.20. The molecule has 1 aliphatic heterocycles. The number of carbonyl (C=O) groups is 1. The monoisotopic (exact) mass is 342 g/mol. The Morgan fingerprint density at radius 2 is 1.83 bits per heavy atom. The Morgan fingerprint density at radius 1 is 1.26 bits per heavy atom. The van der Waals surface area contributed by atoms with Gasteiger partial charge in [-0.15, -0.1) is 12.4 Å². The number of likely N-dealkylation sites (tertiary alicyclic amines) is 1. The Bertz CT molecular complexity index is 471. The maximum Gasteiger partial charge on any atom is 0.225 e. The van der Waals surface area contributed by atoms with Gasteiger partial charge in [0.2, 0.25) is 5.91 Å². The third-order valence-electron chi connectivity index (χ3n) is 4.28. The van der Waals surface area contributed by atoms with E-state index < -0.39 is 0 Å². The highest BCUT2D eigenvalue weighted by atomic mass is 35.5. The molecule has 0 aromatic heterocycles. The second-order valence-electron chi connectivity index (χ2n) is 5.85. The summed E-state index contributed by atoms with van der Waals surface area (Å²) < 4.78 is 10.7. The molecule has 130 valence electrons. The van der Waals surface area contributed by atoms with E-state index in [0.29, 0.717) is 18.9 Å². The summed E-state index contributed by atoms with van der Waals surface area (Å²) in [6.45, 7) is 4.07. The molecule has 1 saturated heterocycles. The van der Waals surface area contributed by atoms with Crippen molar-refractivity contribution in [1.82, 2.24) is 4.90 Å². The molecule has 2 rings (SSSR count). The van der Waals surface area contributed by atoms with E-state index in [9.17, 15) is 4.79 Å². The standard InChI is InChI=1S/C17H26N2O3.ClH/c1-13(18)14-7-10-19(11-8-14)17(20)9-12-22-16-5-3-15(21-2)4-6-16;/h3-6,13-14H,7-12,18H2,1-2H3;1H. The molecule has 1 heterocycles. The van der Waals surface area contributed by atoms with Crippen molar-refractivity contribution in [2.75, 3.05) is 26.8 Å². The number of methoxy groups -OCH3 is 1. The molecule has 1 aromatic carbocycles. The number of carbonyl (C=O) groups excluding carboxylic acids is 1. The van der Waals surface area contributed by atoms with Gasteiger partial charge in [0.1, 0.15) is 11.5 Å². The predicted octanol–water partition coefficient (Wildman–Crippen LogP) is 2.47. The Kier molecular flexibility index (Phi) is 8.20. The van der Waals surface area contributed by atoms with E-state index in [-0.39, 0.29) is 24.4 Å². The van der Waals surface area contributed by atoms with Crippen molar-refractivity contribution < 1.29 is 14.3 Å². The number of benzene rings is 1. The summed E-state index contributed by atoms with van der Waals surface area (Å²) in [4.78, 5) is 14.1. The first-order valence-electron chi connectivity index (χ1n) is 7.90. The quantitative estimate of drug-likeness (QED) is 0.862. The predicted molar refractivity (Wildman–Crippen MR) is 93.3 cm³/mol. The number of nitrogens with zero attached hydrogens (tertiary/aromatic N) is 1. The van der Waals surface area contributed by atoms with Crippen LogP contribution in [0.3, 0.4) is 0 Å². The summed E-state index contributed by atoms with van der Waals surface area (Å²) in [6.07, 6.45) is 2.42. The van der Waals surface area contributed by atoms with Crippen molar-refractivity contribution in [3.8, 4) is 11.5 Å². The maximum absolute atomic E-state index is 12.2. The molecule has 1 atom stereocenters. The van der Waals surface area contributed by atoms with Crippen LogP contribution in [0.4, 0.5) is 0 Å². The van der Waals surface area contributed by atoms with E-state index in [1.807, 2.05) is 36.1 Å². The minimum absolute atomic E-state index is 0. The number of rotatable bonds is 6. The first-order chi connectivity index (χ1) is 10.6. The molecule has 1 unspecified atom stereocenters. The van der Waals surface area contributed by atoms with Crippen LogP contribution in [0.15, 0.2) is 24.3 Å². The number of hydrogen-bond acceptors (Lipinski definition) is 4. The molecule has 23 heavy (non-hydrogen) atoms. The third-order valence-corrected chi connectivity index (χ3v) is 4.28. The van der Waals surface area contributed by atoms with Crippen LogP contribution in [0.25, 0.3) is 0 Å². The summed E-state index contributed by atoms with van der Waals surface area (Å²) in [5.74, 6) is 2.25. The normalized spacial score (nSPS) is 16.4. The highest BCUT2D eigenvalue weighted by molar-refractivity contribution is 5.85. The molecule has 0 spiro atoms. The number of piperidine rings is 1. The first-order valence-corrected chi connectivity index (χ1v) is 7.90. The fourth-order valence-corrected chi connectivity index (χ4v) is 2.76. The van der Waals surface area contributed by atoms with Gasteiger partial charge in [-0.1, -0.05) is 0 Å². The Labute approximate surface area is 144 Å². The number of halogens is 1. The zero-order valence-corrected chi connectivity index (χ0v) is 14.7. The molecule has 0 saturated carbocycles. The number of nitrogens with two attached hydrogens (primary N) is 1. The van der Waals surface area contributed by atoms with Crippen molar-refractivity contribution in [3.05, 3.63) is 24.3 Å². The molecule has 0 radical (unpaired) electrons. The lowest BCUT2D eigenvalue weighted by molar-refractivity contribution is -0.133. The first kappa shape index (κ1) is 19.6. The van der Waals surface area contributed by atoms with Gasteiger partial charge in [-0.05, 0) is 49.9 Å². The smallest absolute Gasteiger partial charge is 0.225 e. The molecule has 1 fully saturated rings. The zero-order chi connectivity index (χ0) is 15.9. The summed E-state index contributed by atoms with van der Waals surface area (Å²) in [5.41, 5.74) is 5.92. The number of hydrogen-bond donors (Lipinski definition) is 1. The number of ether oxygens (including phenoxy) is 2. The second-order valence-corrected chi connectivity index (χ2v) is 5.85. The van der Waals surface area contributed by atoms with Crippen molar-refractivity contribution >= 4 is 18.3 Å². The van der Waals surface area contributed by atoms with Crippen LogP contribution >= 0.6 is 12.4 Å². The maximum atomic E-state index is 12.2. The molecule has 1 amide bonds. The SMILES string of the molecule is COc1ccc(OCCC(=O)N2CCC(C(C)N)CC2)cc1.Cl. The third kappa shape index (κ3) is 5.92. The fraction of sp³-hybridized carbons (Fsp3) is 0.588. The minimum Gasteiger partial charge on any atom is -0.497 e. The molecule has 1 aliphatic rings. The van der Waals surface area contributed by atoms with Crippen LogP contribution in [0.5, 0.6) is 11.5 Å². The van der Waals surface area contributed by atoms with E-state index in [1.54, 1.807) is 7.11 Å². The molecular formula is C17H27ClN2O3. The van der Waals surface area contributed by atoms with E-state index in [4.69, 9.17) is 15.2 Å². The Hall–Kier alpha value is -1.46. The van der Waals surface area contributed by atoms with E-state index in [2.05, 4.69) is 0 Å². The van der Waals surface area contributed by atoms with Gasteiger partial charge in [-0.25, -0.2) is 0 Å². The topological polar surface area (TPSA) is 64.8 Å². The molecule has 1 aromatic rings. The van der Waals surface area contributed by atoms with E-state index in [1.165, 1.54) is 0 Å². The summed E-state index contributed by atoms with van der Waals surface area (Å²) in [7, 11) is 1.63. The summed E-state index contributed by atoms with van der Waals surface area (Å²) in [5, 5.41) is 0. The average Bonchev–Trinajstić information content (AvgIpc) is 2.55. The van der Waals surface area contributed by atoms with Crippen LogP contribution in [0.2, 0.25) is 0 Å². The lowest BCUT2D eigenvalue weighted by Crippen LogP contribution is -2.42. The van der Waals surface area contributed by atoms with Crippen molar-refractivity contribution in [2.45, 2.75) is 32.2 Å². The van der Waals surface area contributed by atoms with Gasteiger partial charge in [0.15, 0.2) is 0 Å². The van der Waals surface area contributed by atoms with Crippen LogP contribution in [0, 0.1) is 5.92 Å². The lowest BCUT2D eigenvalue weighted by atomic mass is 9.91. The van der Waals surface area contributed by atoms with Gasteiger partial charge in [-0.2, -0.15) is 0 Å². The van der Waals surface area contributed by atoms with Crippen LogP contribution in [-0.4, -0.2) is 43.7 Å². The van der Waals surface area contributed by atoms with Gasteiger partial charge in [0.25, 0.3) is 0 Å². The lowest BCUT2D eigenvalue weighted by Gasteiger charge is -2.33. The molecule has 6 heteroatoms. The van der Waals surface area contributed by atoms with Gasteiger partial charge in [0, 0.05) is 19.1 Å². The molecule has 0 bridgehead atoms. The number of amides is 1. The molecule has 0 aliphatic carbocycles. The average molecular weight is 343 g/mol. The van der Waals surface area contributed by atoms with E-state index >= 15 is 0 Å². The van der Waals surface area contributed by atoms with Crippen molar-refractivity contribution in [3.63, 3.8) is 0 Å². The molecular weight excluding hydrogens is 316 g/mol. The Balaban J connectivity index is 0.00000264. The fourth-order valence-electron chi connectivity index (χ4n) is 2.76. The largest absolute Gasteiger partial charge is 0.497 e. The molecule has 5 nitrogen and oxygen atoms in total. The Morgan fingerprint density at radius 3 is 2.35 bits per heavy atom. The van der Waals surface area contributed by atoms with Crippen molar-refractivity contribution in [1.29, 1.82) is 0 Å². The van der Waals surface area contributed by atoms with Crippen LogP contribution in [0.1, 0.15) is 26.2 Å². The van der Waals surface area contributed by atoms with Gasteiger partial charge in [0.05, 0.1) is 20.1 Å². The van der Waals surface area contributed by atoms with Crippen molar-refractivity contribution in [2.24, 2.45) is 11.7 Å². The molecule has 2 N–H and O–H groups in total. The minimum atomic E-state index is 0. The van der Waals surface area contributed by atoms with Gasteiger partial charge < -0.3 is 20.1 Å². The zero-order valence-electron chi connectivity index (χ0n) is 13.9.